The summed E-state index contributed by atoms with van der Waals surface area (Å²) in [4.78, 5) is 25.3. The molecule has 136 valence electrons. The summed E-state index contributed by atoms with van der Waals surface area (Å²) in [6.45, 7) is 1.70. The standard InChI is InChI=1S/C19H18F2N2O3/c1-11(18(22)24)23-8-7-12-9-13(5-6-14(12)19(23)25)26-10-15-16(20)3-2-4-17(15)21/h2-6,9,11H,7-8,10H2,1H3,(H2,22,24)/t11-/m1/s1. The summed E-state index contributed by atoms with van der Waals surface area (Å²) in [7, 11) is 0. The third-order valence-electron chi connectivity index (χ3n) is 4.51. The Morgan fingerprint density at radius 3 is 2.62 bits per heavy atom. The van der Waals surface area contributed by atoms with Gasteiger partial charge in [0.25, 0.3) is 5.91 Å². The van der Waals surface area contributed by atoms with Crippen LogP contribution in [-0.2, 0) is 17.8 Å². The second kappa shape index (κ2) is 7.11. The average Bonchev–Trinajstić information content (AvgIpc) is 2.61. The molecular formula is C19H18F2N2O3. The SMILES string of the molecule is C[C@H](C(N)=O)N1CCc2cc(OCc3c(F)cccc3F)ccc2C1=O. The molecule has 2 aromatic rings. The third-order valence-corrected chi connectivity index (χ3v) is 4.51. The molecule has 0 saturated carbocycles. The van der Waals surface area contributed by atoms with Crippen molar-refractivity contribution in [3.63, 3.8) is 0 Å². The summed E-state index contributed by atoms with van der Waals surface area (Å²) in [5, 5.41) is 0. The minimum absolute atomic E-state index is 0.150. The van der Waals surface area contributed by atoms with Crippen LogP contribution in [0.4, 0.5) is 8.78 Å². The van der Waals surface area contributed by atoms with Gasteiger partial charge in [-0.1, -0.05) is 6.07 Å². The molecule has 0 unspecified atom stereocenters. The Hall–Kier alpha value is -2.96. The van der Waals surface area contributed by atoms with Crippen LogP contribution < -0.4 is 10.5 Å². The quantitative estimate of drug-likeness (QED) is 0.890. The predicted octanol–water partition coefficient (Wildman–Crippen LogP) is 2.42. The Labute approximate surface area is 149 Å². The number of halogens is 2. The van der Waals surface area contributed by atoms with E-state index in [1.807, 2.05) is 0 Å². The molecule has 2 N–H and O–H groups in total. The monoisotopic (exact) mass is 360 g/mol. The van der Waals surface area contributed by atoms with E-state index in [1.54, 1.807) is 25.1 Å². The Kier molecular flexibility index (Phi) is 4.88. The summed E-state index contributed by atoms with van der Waals surface area (Å²) in [5.74, 6) is -1.77. The maximum absolute atomic E-state index is 13.7. The Morgan fingerprint density at radius 2 is 1.96 bits per heavy atom. The molecule has 1 aliphatic rings. The van der Waals surface area contributed by atoms with E-state index < -0.39 is 23.6 Å². The van der Waals surface area contributed by atoms with Crippen LogP contribution in [-0.4, -0.2) is 29.3 Å². The normalized spacial score (nSPS) is 14.7. The lowest BCUT2D eigenvalue weighted by Crippen LogP contribution is -2.49. The van der Waals surface area contributed by atoms with Crippen molar-refractivity contribution in [2.24, 2.45) is 5.73 Å². The predicted molar refractivity (Wildman–Crippen MR) is 90.5 cm³/mol. The van der Waals surface area contributed by atoms with Crippen LogP contribution in [0, 0.1) is 11.6 Å². The van der Waals surface area contributed by atoms with Gasteiger partial charge in [-0.2, -0.15) is 0 Å². The number of carbonyl (C=O) groups excluding carboxylic acids is 2. The van der Waals surface area contributed by atoms with Crippen molar-refractivity contribution >= 4 is 11.8 Å². The summed E-state index contributed by atoms with van der Waals surface area (Å²) >= 11 is 0. The molecule has 0 spiro atoms. The van der Waals surface area contributed by atoms with Gasteiger partial charge in [-0.05, 0) is 49.2 Å². The molecule has 2 amide bonds. The minimum Gasteiger partial charge on any atom is -0.489 e. The van der Waals surface area contributed by atoms with Crippen molar-refractivity contribution in [1.29, 1.82) is 0 Å². The van der Waals surface area contributed by atoms with E-state index in [4.69, 9.17) is 10.5 Å². The second-order valence-corrected chi connectivity index (χ2v) is 6.13. The highest BCUT2D eigenvalue weighted by Gasteiger charge is 2.30. The number of nitrogens with zero attached hydrogens (tertiary/aromatic N) is 1. The molecule has 7 heteroatoms. The Balaban J connectivity index is 1.76. The lowest BCUT2D eigenvalue weighted by atomic mass is 9.97. The molecular weight excluding hydrogens is 342 g/mol. The number of benzene rings is 2. The molecule has 1 atom stereocenters. The second-order valence-electron chi connectivity index (χ2n) is 6.13. The van der Waals surface area contributed by atoms with Gasteiger partial charge in [0, 0.05) is 12.1 Å². The fraction of sp³-hybridized carbons (Fsp3) is 0.263. The van der Waals surface area contributed by atoms with Crippen LogP contribution >= 0.6 is 0 Å². The van der Waals surface area contributed by atoms with Crippen molar-refractivity contribution < 1.29 is 23.1 Å². The zero-order valence-electron chi connectivity index (χ0n) is 14.2. The van der Waals surface area contributed by atoms with Gasteiger partial charge in [-0.25, -0.2) is 8.78 Å². The van der Waals surface area contributed by atoms with Crippen molar-refractivity contribution in [2.75, 3.05) is 6.54 Å². The number of hydrogen-bond acceptors (Lipinski definition) is 3. The molecule has 0 aliphatic carbocycles. The first-order valence-corrected chi connectivity index (χ1v) is 8.17. The smallest absolute Gasteiger partial charge is 0.254 e. The number of carbonyl (C=O) groups is 2. The van der Waals surface area contributed by atoms with E-state index in [9.17, 15) is 18.4 Å². The van der Waals surface area contributed by atoms with Crippen molar-refractivity contribution in [1.82, 2.24) is 4.90 Å². The number of hydrogen-bond donors (Lipinski definition) is 1. The number of primary amides is 1. The zero-order chi connectivity index (χ0) is 18.8. The van der Waals surface area contributed by atoms with Crippen LogP contribution in [0.15, 0.2) is 36.4 Å². The van der Waals surface area contributed by atoms with Crippen molar-refractivity contribution in [2.45, 2.75) is 26.0 Å². The van der Waals surface area contributed by atoms with Crippen molar-refractivity contribution in [3.05, 3.63) is 64.7 Å². The molecule has 0 fully saturated rings. The largest absolute Gasteiger partial charge is 0.489 e. The average molecular weight is 360 g/mol. The van der Waals surface area contributed by atoms with E-state index in [2.05, 4.69) is 0 Å². The van der Waals surface area contributed by atoms with Crippen LogP contribution in [0.1, 0.15) is 28.4 Å². The number of rotatable bonds is 5. The fourth-order valence-electron chi connectivity index (χ4n) is 2.92. The number of fused-ring (bicyclic) bond motifs is 1. The molecule has 0 aromatic heterocycles. The molecule has 1 aliphatic heterocycles. The van der Waals surface area contributed by atoms with Gasteiger partial charge >= 0.3 is 0 Å². The van der Waals surface area contributed by atoms with E-state index >= 15 is 0 Å². The van der Waals surface area contributed by atoms with E-state index in [-0.39, 0.29) is 18.1 Å². The molecule has 26 heavy (non-hydrogen) atoms. The highest BCUT2D eigenvalue weighted by Crippen LogP contribution is 2.26. The van der Waals surface area contributed by atoms with Crippen LogP contribution in [0.3, 0.4) is 0 Å². The maximum Gasteiger partial charge on any atom is 0.254 e. The first kappa shape index (κ1) is 17.8. The minimum atomic E-state index is -0.685. The summed E-state index contributed by atoms with van der Waals surface area (Å²) in [6.07, 6.45) is 0.532. The lowest BCUT2D eigenvalue weighted by molar-refractivity contribution is -0.122. The molecule has 1 heterocycles. The third kappa shape index (κ3) is 3.37. The lowest BCUT2D eigenvalue weighted by Gasteiger charge is -2.32. The van der Waals surface area contributed by atoms with Gasteiger partial charge in [0.05, 0.1) is 5.56 Å². The van der Waals surface area contributed by atoms with Crippen molar-refractivity contribution in [3.8, 4) is 5.75 Å². The van der Waals surface area contributed by atoms with E-state index in [1.165, 1.54) is 23.1 Å². The Bertz CT molecular complexity index is 850. The fourth-order valence-corrected chi connectivity index (χ4v) is 2.92. The van der Waals surface area contributed by atoms with Gasteiger partial charge in [0.15, 0.2) is 0 Å². The first-order valence-electron chi connectivity index (χ1n) is 8.17. The molecule has 3 rings (SSSR count). The molecule has 0 bridgehead atoms. The van der Waals surface area contributed by atoms with Crippen LogP contribution in [0.25, 0.3) is 0 Å². The van der Waals surface area contributed by atoms with Gasteiger partial charge in [0.1, 0.15) is 30.0 Å². The van der Waals surface area contributed by atoms with Gasteiger partial charge in [-0.15, -0.1) is 0 Å². The highest BCUT2D eigenvalue weighted by atomic mass is 19.1. The van der Waals surface area contributed by atoms with Gasteiger partial charge in [0.2, 0.25) is 5.91 Å². The van der Waals surface area contributed by atoms with Crippen LogP contribution in [0.2, 0.25) is 0 Å². The molecule has 2 aromatic carbocycles. The van der Waals surface area contributed by atoms with Crippen LogP contribution in [0.5, 0.6) is 5.75 Å². The topological polar surface area (TPSA) is 72.6 Å². The molecule has 0 saturated heterocycles. The summed E-state index contributed by atoms with van der Waals surface area (Å²) in [6, 6.07) is 7.77. The van der Waals surface area contributed by atoms with E-state index in [0.29, 0.717) is 24.3 Å². The zero-order valence-corrected chi connectivity index (χ0v) is 14.2. The van der Waals surface area contributed by atoms with Gasteiger partial charge < -0.3 is 15.4 Å². The number of amides is 2. The summed E-state index contributed by atoms with van der Waals surface area (Å²) < 4.78 is 32.8. The number of nitrogens with two attached hydrogens (primary N) is 1. The Morgan fingerprint density at radius 1 is 1.27 bits per heavy atom. The first-order chi connectivity index (χ1) is 12.4. The summed E-state index contributed by atoms with van der Waals surface area (Å²) in [5.41, 5.74) is 6.35. The number of ether oxygens (including phenoxy) is 1. The highest BCUT2D eigenvalue weighted by molar-refractivity contribution is 5.99. The van der Waals surface area contributed by atoms with Gasteiger partial charge in [-0.3, -0.25) is 9.59 Å². The van der Waals surface area contributed by atoms with E-state index in [0.717, 1.165) is 5.56 Å². The maximum atomic E-state index is 13.7. The molecule has 0 radical (unpaired) electrons. The molecule has 5 nitrogen and oxygen atoms in total.